The van der Waals surface area contributed by atoms with Crippen LogP contribution in [0.3, 0.4) is 0 Å². The molecule has 1 unspecified atom stereocenters. The SMILES string of the molecule is O=C(O)[C@@H]1CC[C@H](C(=O)N2CCOC(c3ccccc3Cl)C2)C1. The first-order valence-corrected chi connectivity index (χ1v) is 8.31. The maximum absolute atomic E-state index is 12.7. The lowest BCUT2D eigenvalue weighted by atomic mass is 10.0. The van der Waals surface area contributed by atoms with E-state index in [0.29, 0.717) is 44.0 Å². The van der Waals surface area contributed by atoms with Crippen molar-refractivity contribution in [3.63, 3.8) is 0 Å². The number of carboxylic acid groups (broad SMARTS) is 1. The van der Waals surface area contributed by atoms with E-state index >= 15 is 0 Å². The third-order valence-corrected chi connectivity index (χ3v) is 5.11. The van der Waals surface area contributed by atoms with Gasteiger partial charge < -0.3 is 14.7 Å². The van der Waals surface area contributed by atoms with Gasteiger partial charge in [0, 0.05) is 23.0 Å². The van der Waals surface area contributed by atoms with Crippen LogP contribution in [0.4, 0.5) is 0 Å². The lowest BCUT2D eigenvalue weighted by Crippen LogP contribution is -2.44. The van der Waals surface area contributed by atoms with Crippen molar-refractivity contribution in [3.8, 4) is 0 Å². The second-order valence-corrected chi connectivity index (χ2v) is 6.62. The van der Waals surface area contributed by atoms with Crippen LogP contribution in [0.15, 0.2) is 24.3 Å². The Morgan fingerprint density at radius 2 is 1.96 bits per heavy atom. The number of carboxylic acids is 1. The monoisotopic (exact) mass is 337 g/mol. The Kier molecular flexibility index (Phi) is 4.87. The fourth-order valence-electron chi connectivity index (χ4n) is 3.46. The lowest BCUT2D eigenvalue weighted by molar-refractivity contribution is -0.144. The molecule has 2 fully saturated rings. The molecule has 1 amide bonds. The summed E-state index contributed by atoms with van der Waals surface area (Å²) in [6, 6.07) is 7.49. The third kappa shape index (κ3) is 3.51. The minimum Gasteiger partial charge on any atom is -0.481 e. The molecular weight excluding hydrogens is 318 g/mol. The molecule has 0 radical (unpaired) electrons. The van der Waals surface area contributed by atoms with Gasteiger partial charge in [-0.25, -0.2) is 0 Å². The number of aliphatic carboxylic acids is 1. The van der Waals surface area contributed by atoms with Gasteiger partial charge in [-0.3, -0.25) is 9.59 Å². The maximum atomic E-state index is 12.7. The van der Waals surface area contributed by atoms with Crippen molar-refractivity contribution in [2.45, 2.75) is 25.4 Å². The summed E-state index contributed by atoms with van der Waals surface area (Å²) < 4.78 is 5.77. The van der Waals surface area contributed by atoms with Crippen LogP contribution in [-0.4, -0.2) is 41.6 Å². The van der Waals surface area contributed by atoms with Crippen LogP contribution in [0, 0.1) is 11.8 Å². The van der Waals surface area contributed by atoms with E-state index in [1.54, 1.807) is 4.90 Å². The Hall–Kier alpha value is -1.59. The van der Waals surface area contributed by atoms with Gasteiger partial charge in [0.2, 0.25) is 5.91 Å². The van der Waals surface area contributed by atoms with Crippen LogP contribution >= 0.6 is 11.6 Å². The van der Waals surface area contributed by atoms with E-state index in [9.17, 15) is 9.59 Å². The highest BCUT2D eigenvalue weighted by molar-refractivity contribution is 6.31. The van der Waals surface area contributed by atoms with Crippen LogP contribution in [0.5, 0.6) is 0 Å². The Morgan fingerprint density at radius 3 is 2.65 bits per heavy atom. The third-order valence-electron chi connectivity index (χ3n) is 4.76. The number of hydrogen-bond donors (Lipinski definition) is 1. The number of morpholine rings is 1. The average Bonchev–Trinajstić information content (AvgIpc) is 3.05. The maximum Gasteiger partial charge on any atom is 0.306 e. The normalized spacial score (nSPS) is 27.9. The number of amides is 1. The quantitative estimate of drug-likeness (QED) is 0.921. The molecule has 1 N–H and O–H groups in total. The van der Waals surface area contributed by atoms with Gasteiger partial charge >= 0.3 is 5.97 Å². The van der Waals surface area contributed by atoms with Crippen LogP contribution in [0.2, 0.25) is 5.02 Å². The van der Waals surface area contributed by atoms with Gasteiger partial charge in [-0.2, -0.15) is 0 Å². The topological polar surface area (TPSA) is 66.8 Å². The zero-order valence-corrected chi connectivity index (χ0v) is 13.5. The minimum atomic E-state index is -0.795. The van der Waals surface area contributed by atoms with E-state index in [4.69, 9.17) is 21.4 Å². The molecule has 3 atom stereocenters. The second kappa shape index (κ2) is 6.89. The average molecular weight is 338 g/mol. The lowest BCUT2D eigenvalue weighted by Gasteiger charge is -2.35. The van der Waals surface area contributed by atoms with Gasteiger partial charge in [0.05, 0.1) is 19.1 Å². The molecule has 5 nitrogen and oxygen atoms in total. The Balaban J connectivity index is 1.66. The molecule has 1 saturated carbocycles. The molecular formula is C17H20ClNO4. The van der Waals surface area contributed by atoms with Gasteiger partial charge in [0.15, 0.2) is 0 Å². The van der Waals surface area contributed by atoms with E-state index < -0.39 is 5.97 Å². The van der Waals surface area contributed by atoms with E-state index in [0.717, 1.165) is 5.56 Å². The van der Waals surface area contributed by atoms with E-state index in [-0.39, 0.29) is 23.8 Å². The van der Waals surface area contributed by atoms with E-state index in [1.165, 1.54) is 0 Å². The van der Waals surface area contributed by atoms with Gasteiger partial charge in [-0.05, 0) is 25.3 Å². The zero-order chi connectivity index (χ0) is 16.4. The molecule has 6 heteroatoms. The number of carbonyl (C=O) groups is 2. The van der Waals surface area contributed by atoms with E-state index in [1.807, 2.05) is 24.3 Å². The Bertz CT molecular complexity index is 606. The summed E-state index contributed by atoms with van der Waals surface area (Å²) in [5.41, 5.74) is 0.890. The number of nitrogens with zero attached hydrogens (tertiary/aromatic N) is 1. The van der Waals surface area contributed by atoms with Crippen LogP contribution in [0.1, 0.15) is 30.9 Å². The molecule has 2 aliphatic rings. The molecule has 0 bridgehead atoms. The molecule has 1 heterocycles. The van der Waals surface area contributed by atoms with Gasteiger partial charge in [-0.1, -0.05) is 29.8 Å². The largest absolute Gasteiger partial charge is 0.481 e. The predicted octanol–water partition coefficient (Wildman–Crippen LogP) is 2.74. The van der Waals surface area contributed by atoms with Crippen molar-refractivity contribution in [3.05, 3.63) is 34.9 Å². The van der Waals surface area contributed by atoms with Gasteiger partial charge in [0.1, 0.15) is 6.10 Å². The smallest absolute Gasteiger partial charge is 0.306 e. The first-order chi connectivity index (χ1) is 11.1. The summed E-state index contributed by atoms with van der Waals surface area (Å²) in [6.45, 7) is 1.49. The fraction of sp³-hybridized carbons (Fsp3) is 0.529. The number of halogens is 1. The number of ether oxygens (including phenoxy) is 1. The summed E-state index contributed by atoms with van der Waals surface area (Å²) >= 11 is 6.22. The summed E-state index contributed by atoms with van der Waals surface area (Å²) in [7, 11) is 0. The Morgan fingerprint density at radius 1 is 1.22 bits per heavy atom. The van der Waals surface area contributed by atoms with Gasteiger partial charge in [0.25, 0.3) is 0 Å². The second-order valence-electron chi connectivity index (χ2n) is 6.21. The molecule has 1 aromatic rings. The first kappa shape index (κ1) is 16.3. The molecule has 124 valence electrons. The molecule has 1 saturated heterocycles. The van der Waals surface area contributed by atoms with Crippen LogP contribution in [0.25, 0.3) is 0 Å². The number of benzene rings is 1. The zero-order valence-electron chi connectivity index (χ0n) is 12.8. The van der Waals surface area contributed by atoms with Crippen molar-refractivity contribution in [2.75, 3.05) is 19.7 Å². The number of carbonyl (C=O) groups excluding carboxylic acids is 1. The summed E-state index contributed by atoms with van der Waals surface area (Å²) in [5.74, 6) is -1.31. The summed E-state index contributed by atoms with van der Waals surface area (Å²) in [4.78, 5) is 25.5. The number of hydrogen-bond acceptors (Lipinski definition) is 3. The van der Waals surface area contributed by atoms with Crippen molar-refractivity contribution in [1.82, 2.24) is 4.90 Å². The van der Waals surface area contributed by atoms with Crippen LogP contribution < -0.4 is 0 Å². The first-order valence-electron chi connectivity index (χ1n) is 7.94. The van der Waals surface area contributed by atoms with Crippen LogP contribution in [-0.2, 0) is 14.3 Å². The minimum absolute atomic E-state index is 0.0501. The Labute approximate surface area is 140 Å². The predicted molar refractivity (Wildman–Crippen MR) is 85.2 cm³/mol. The van der Waals surface area contributed by atoms with Crippen molar-refractivity contribution in [1.29, 1.82) is 0 Å². The van der Waals surface area contributed by atoms with Crippen molar-refractivity contribution in [2.24, 2.45) is 11.8 Å². The van der Waals surface area contributed by atoms with Crippen molar-refractivity contribution >= 4 is 23.5 Å². The van der Waals surface area contributed by atoms with Crippen molar-refractivity contribution < 1.29 is 19.4 Å². The highest BCUT2D eigenvalue weighted by Gasteiger charge is 2.37. The summed E-state index contributed by atoms with van der Waals surface area (Å²) in [5, 5.41) is 9.72. The standard InChI is InChI=1S/C17H20ClNO4/c18-14-4-2-1-3-13(14)15-10-19(7-8-23-15)16(20)11-5-6-12(9-11)17(21)22/h1-4,11-12,15H,5-10H2,(H,21,22)/t11-,12+,15?/m0/s1. The molecule has 0 spiro atoms. The summed E-state index contributed by atoms with van der Waals surface area (Å²) in [6.07, 6.45) is 1.47. The number of rotatable bonds is 3. The molecule has 1 aliphatic carbocycles. The highest BCUT2D eigenvalue weighted by Crippen LogP contribution is 2.34. The molecule has 3 rings (SSSR count). The van der Waals surface area contributed by atoms with E-state index in [2.05, 4.69) is 0 Å². The highest BCUT2D eigenvalue weighted by atomic mass is 35.5. The molecule has 0 aromatic heterocycles. The molecule has 1 aromatic carbocycles. The van der Waals surface area contributed by atoms with Gasteiger partial charge in [-0.15, -0.1) is 0 Å². The molecule has 23 heavy (non-hydrogen) atoms. The molecule has 1 aliphatic heterocycles. The fourth-order valence-corrected chi connectivity index (χ4v) is 3.72.